The van der Waals surface area contributed by atoms with Crippen LogP contribution in [0.1, 0.15) is 26.4 Å². The molecule has 1 amide bonds. The van der Waals surface area contributed by atoms with Gasteiger partial charge in [0.2, 0.25) is 0 Å². The predicted octanol–water partition coefficient (Wildman–Crippen LogP) is 3.49. The Morgan fingerprint density at radius 2 is 2.06 bits per heavy atom. The van der Waals surface area contributed by atoms with E-state index in [0.717, 1.165) is 16.0 Å². The largest absolute Gasteiger partial charge is 0.321 e. The van der Waals surface area contributed by atoms with E-state index in [0.29, 0.717) is 11.3 Å². The maximum Gasteiger partial charge on any atom is 0.265 e. The van der Waals surface area contributed by atoms with E-state index in [-0.39, 0.29) is 5.91 Å². The van der Waals surface area contributed by atoms with Crippen LogP contribution in [-0.4, -0.2) is 5.91 Å². The number of aryl methyl sites for hydroxylation is 2. The van der Waals surface area contributed by atoms with Gasteiger partial charge in [0.25, 0.3) is 5.91 Å². The zero-order valence-electron chi connectivity index (χ0n) is 10.2. The first-order valence-electron chi connectivity index (χ1n) is 5.48. The number of anilines is 1. The molecule has 0 aliphatic carbocycles. The van der Waals surface area contributed by atoms with Gasteiger partial charge in [-0.1, -0.05) is 0 Å². The number of hydrogen-bond acceptors (Lipinski definition) is 3. The summed E-state index contributed by atoms with van der Waals surface area (Å²) in [5.41, 5.74) is 3.17. The highest BCUT2D eigenvalue weighted by Crippen LogP contribution is 2.19. The van der Waals surface area contributed by atoms with Gasteiger partial charge in [-0.25, -0.2) is 0 Å². The van der Waals surface area contributed by atoms with Crippen molar-refractivity contribution in [3.63, 3.8) is 0 Å². The molecule has 0 fully saturated rings. The van der Waals surface area contributed by atoms with Crippen LogP contribution in [0.5, 0.6) is 0 Å². The number of nitrogens with zero attached hydrogens (tertiary/aromatic N) is 1. The first-order valence-corrected chi connectivity index (χ1v) is 6.36. The fraction of sp³-hybridized carbons (Fsp3) is 0.143. The molecule has 2 rings (SSSR count). The molecule has 2 aromatic rings. The molecule has 0 aliphatic heterocycles. The Labute approximate surface area is 110 Å². The van der Waals surface area contributed by atoms with Crippen LogP contribution in [0.2, 0.25) is 0 Å². The van der Waals surface area contributed by atoms with Crippen molar-refractivity contribution in [3.05, 3.63) is 51.2 Å². The summed E-state index contributed by atoms with van der Waals surface area (Å²) in [6, 6.07) is 9.28. The molecular weight excluding hydrogens is 244 g/mol. The monoisotopic (exact) mass is 256 g/mol. The molecule has 1 aromatic heterocycles. The SMILES string of the molecule is Cc1cc(NC(=O)c2sccc2C)ccc1C#N. The minimum absolute atomic E-state index is 0.105. The van der Waals surface area contributed by atoms with Gasteiger partial charge in [-0.2, -0.15) is 5.26 Å². The fourth-order valence-corrected chi connectivity index (χ4v) is 2.48. The van der Waals surface area contributed by atoms with Crippen molar-refractivity contribution in [1.29, 1.82) is 5.26 Å². The molecule has 1 aromatic carbocycles. The number of hydrogen-bond donors (Lipinski definition) is 1. The van der Waals surface area contributed by atoms with E-state index in [4.69, 9.17) is 5.26 Å². The number of nitriles is 1. The van der Waals surface area contributed by atoms with Crippen molar-refractivity contribution < 1.29 is 4.79 Å². The van der Waals surface area contributed by atoms with Crippen LogP contribution in [0.4, 0.5) is 5.69 Å². The lowest BCUT2D eigenvalue weighted by molar-refractivity contribution is 0.103. The number of benzene rings is 1. The Morgan fingerprint density at radius 3 is 2.61 bits per heavy atom. The molecule has 1 heterocycles. The molecule has 0 atom stereocenters. The van der Waals surface area contributed by atoms with E-state index < -0.39 is 0 Å². The second-order valence-corrected chi connectivity index (χ2v) is 4.94. The lowest BCUT2D eigenvalue weighted by atomic mass is 10.1. The molecule has 4 heteroatoms. The summed E-state index contributed by atoms with van der Waals surface area (Å²) in [5.74, 6) is -0.105. The van der Waals surface area contributed by atoms with E-state index in [1.54, 1.807) is 18.2 Å². The van der Waals surface area contributed by atoms with Crippen molar-refractivity contribution in [2.45, 2.75) is 13.8 Å². The second kappa shape index (κ2) is 5.03. The molecule has 0 spiro atoms. The molecule has 0 aliphatic rings. The van der Waals surface area contributed by atoms with Crippen LogP contribution in [0.15, 0.2) is 29.6 Å². The van der Waals surface area contributed by atoms with E-state index in [1.165, 1.54) is 11.3 Å². The fourth-order valence-electron chi connectivity index (χ4n) is 1.66. The maximum atomic E-state index is 12.0. The highest BCUT2D eigenvalue weighted by Gasteiger charge is 2.10. The number of carbonyl (C=O) groups excluding carboxylic acids is 1. The average Bonchev–Trinajstić information content (AvgIpc) is 2.76. The normalized spacial score (nSPS) is 9.83. The molecule has 90 valence electrons. The number of thiophene rings is 1. The number of nitrogens with one attached hydrogen (secondary N) is 1. The van der Waals surface area contributed by atoms with Crippen LogP contribution in [0.3, 0.4) is 0 Å². The standard InChI is InChI=1S/C14H12N2OS/c1-9-5-6-18-13(9)14(17)16-12-4-3-11(8-15)10(2)7-12/h3-7H,1-2H3,(H,16,17). The van der Waals surface area contributed by atoms with Crippen LogP contribution >= 0.6 is 11.3 Å². The summed E-state index contributed by atoms with van der Waals surface area (Å²) in [7, 11) is 0. The second-order valence-electron chi connectivity index (χ2n) is 4.03. The van der Waals surface area contributed by atoms with E-state index in [2.05, 4.69) is 11.4 Å². The Bertz CT molecular complexity index is 637. The maximum absolute atomic E-state index is 12.0. The minimum Gasteiger partial charge on any atom is -0.321 e. The molecule has 0 radical (unpaired) electrons. The molecule has 0 saturated heterocycles. The molecule has 0 saturated carbocycles. The summed E-state index contributed by atoms with van der Waals surface area (Å²) in [6.07, 6.45) is 0. The number of amides is 1. The smallest absolute Gasteiger partial charge is 0.265 e. The van der Waals surface area contributed by atoms with Crippen LogP contribution in [0.25, 0.3) is 0 Å². The first kappa shape index (κ1) is 12.3. The summed E-state index contributed by atoms with van der Waals surface area (Å²) in [6.45, 7) is 3.76. The number of carbonyl (C=O) groups is 1. The zero-order valence-corrected chi connectivity index (χ0v) is 11.0. The van der Waals surface area contributed by atoms with Crippen LogP contribution in [0, 0.1) is 25.2 Å². The lowest BCUT2D eigenvalue weighted by Gasteiger charge is -2.06. The van der Waals surface area contributed by atoms with Gasteiger partial charge in [-0.05, 0) is 54.6 Å². The van der Waals surface area contributed by atoms with E-state index in [9.17, 15) is 4.79 Å². The minimum atomic E-state index is -0.105. The van der Waals surface area contributed by atoms with Gasteiger partial charge >= 0.3 is 0 Å². The van der Waals surface area contributed by atoms with Crippen LogP contribution < -0.4 is 5.32 Å². The van der Waals surface area contributed by atoms with Gasteiger partial charge in [0, 0.05) is 5.69 Å². The molecular formula is C14H12N2OS. The third-order valence-electron chi connectivity index (χ3n) is 2.67. The van der Waals surface area contributed by atoms with Gasteiger partial charge in [-0.3, -0.25) is 4.79 Å². The highest BCUT2D eigenvalue weighted by atomic mass is 32.1. The van der Waals surface area contributed by atoms with Gasteiger partial charge in [0.1, 0.15) is 0 Å². The first-order chi connectivity index (χ1) is 8.61. The molecule has 0 bridgehead atoms. The van der Waals surface area contributed by atoms with Gasteiger partial charge in [-0.15, -0.1) is 11.3 Å². The molecule has 1 N–H and O–H groups in total. The summed E-state index contributed by atoms with van der Waals surface area (Å²) in [5, 5.41) is 13.6. The topological polar surface area (TPSA) is 52.9 Å². The van der Waals surface area contributed by atoms with Crippen molar-refractivity contribution >= 4 is 22.9 Å². The molecule has 18 heavy (non-hydrogen) atoms. The highest BCUT2D eigenvalue weighted by molar-refractivity contribution is 7.12. The third-order valence-corrected chi connectivity index (χ3v) is 3.69. The molecule has 0 unspecified atom stereocenters. The predicted molar refractivity (Wildman–Crippen MR) is 72.9 cm³/mol. The summed E-state index contributed by atoms with van der Waals surface area (Å²) in [4.78, 5) is 12.7. The summed E-state index contributed by atoms with van der Waals surface area (Å²) >= 11 is 1.42. The van der Waals surface area contributed by atoms with Crippen LogP contribution in [-0.2, 0) is 0 Å². The zero-order chi connectivity index (χ0) is 13.1. The number of rotatable bonds is 2. The van der Waals surface area contributed by atoms with E-state index >= 15 is 0 Å². The Hall–Kier alpha value is -2.12. The Balaban J connectivity index is 2.21. The lowest BCUT2D eigenvalue weighted by Crippen LogP contribution is -2.11. The third kappa shape index (κ3) is 2.41. The van der Waals surface area contributed by atoms with Gasteiger partial charge < -0.3 is 5.32 Å². The van der Waals surface area contributed by atoms with Crippen molar-refractivity contribution in [3.8, 4) is 6.07 Å². The Kier molecular flexibility index (Phi) is 3.45. The summed E-state index contributed by atoms with van der Waals surface area (Å²) < 4.78 is 0. The molecule has 3 nitrogen and oxygen atoms in total. The van der Waals surface area contributed by atoms with Crippen molar-refractivity contribution in [2.75, 3.05) is 5.32 Å². The van der Waals surface area contributed by atoms with Crippen molar-refractivity contribution in [2.24, 2.45) is 0 Å². The Morgan fingerprint density at radius 1 is 1.28 bits per heavy atom. The van der Waals surface area contributed by atoms with Crippen molar-refractivity contribution in [1.82, 2.24) is 0 Å². The van der Waals surface area contributed by atoms with E-state index in [1.807, 2.05) is 25.3 Å². The average molecular weight is 256 g/mol. The van der Waals surface area contributed by atoms with Gasteiger partial charge in [0.05, 0.1) is 16.5 Å². The van der Waals surface area contributed by atoms with Gasteiger partial charge in [0.15, 0.2) is 0 Å². The quantitative estimate of drug-likeness (QED) is 0.894.